The molecule has 0 aromatic carbocycles. The Morgan fingerprint density at radius 1 is 1.52 bits per heavy atom. The first-order chi connectivity index (χ1) is 10.1. The lowest BCUT2D eigenvalue weighted by Gasteiger charge is -2.17. The summed E-state index contributed by atoms with van der Waals surface area (Å²) in [6.45, 7) is 2.94. The maximum absolute atomic E-state index is 11.7. The Bertz CT molecular complexity index is 458. The molecular formula is C13H21N3O4S. The number of carbonyl (C=O) groups excluding carboxylic acids is 1. The Labute approximate surface area is 127 Å². The van der Waals surface area contributed by atoms with Gasteiger partial charge in [0, 0.05) is 25.5 Å². The summed E-state index contributed by atoms with van der Waals surface area (Å²) in [7, 11) is 1.60. The van der Waals surface area contributed by atoms with Crippen molar-refractivity contribution in [3.8, 4) is 0 Å². The molecule has 1 heterocycles. The van der Waals surface area contributed by atoms with Gasteiger partial charge < -0.3 is 20.5 Å². The number of rotatable bonds is 9. The van der Waals surface area contributed by atoms with Crippen molar-refractivity contribution in [3.63, 3.8) is 0 Å². The van der Waals surface area contributed by atoms with Crippen molar-refractivity contribution in [2.75, 3.05) is 20.3 Å². The second kappa shape index (κ2) is 9.30. The Balaban J connectivity index is 2.30. The first kappa shape index (κ1) is 17.4. The number of hydrogen-bond donors (Lipinski definition) is 3. The van der Waals surface area contributed by atoms with Crippen LogP contribution in [0.2, 0.25) is 0 Å². The Hall–Kier alpha value is -1.67. The summed E-state index contributed by atoms with van der Waals surface area (Å²) in [5.74, 6) is -1.04. The van der Waals surface area contributed by atoms with Gasteiger partial charge in [0.2, 0.25) is 0 Å². The number of thiazole rings is 1. The lowest BCUT2D eigenvalue weighted by atomic mass is 10.2. The van der Waals surface area contributed by atoms with Crippen LogP contribution < -0.4 is 10.6 Å². The van der Waals surface area contributed by atoms with Crippen molar-refractivity contribution in [1.82, 2.24) is 15.6 Å². The minimum absolute atomic E-state index is 0.00141. The van der Waals surface area contributed by atoms with Crippen LogP contribution >= 0.6 is 11.3 Å². The quantitative estimate of drug-likeness (QED) is 0.641. The minimum Gasteiger partial charge on any atom is -0.476 e. The number of methoxy groups -OCH3 is 1. The van der Waals surface area contributed by atoms with E-state index in [4.69, 9.17) is 9.84 Å². The summed E-state index contributed by atoms with van der Waals surface area (Å²) < 4.78 is 5.05. The molecule has 0 radical (unpaired) electrons. The van der Waals surface area contributed by atoms with E-state index in [9.17, 15) is 9.59 Å². The van der Waals surface area contributed by atoms with Gasteiger partial charge in [0.05, 0.1) is 17.7 Å². The molecule has 0 aliphatic heterocycles. The maximum atomic E-state index is 11.7. The van der Waals surface area contributed by atoms with E-state index in [2.05, 4.69) is 15.6 Å². The van der Waals surface area contributed by atoms with Crippen LogP contribution in [0.5, 0.6) is 0 Å². The summed E-state index contributed by atoms with van der Waals surface area (Å²) in [6, 6.07) is -0.251. The maximum Gasteiger partial charge on any atom is 0.355 e. The molecule has 8 heteroatoms. The molecule has 1 atom stereocenters. The van der Waals surface area contributed by atoms with Gasteiger partial charge in [-0.1, -0.05) is 13.3 Å². The van der Waals surface area contributed by atoms with Crippen molar-refractivity contribution in [2.45, 2.75) is 32.2 Å². The van der Waals surface area contributed by atoms with E-state index < -0.39 is 5.97 Å². The second-order valence-electron chi connectivity index (χ2n) is 4.52. The van der Waals surface area contributed by atoms with E-state index in [0.717, 1.165) is 12.8 Å². The fourth-order valence-corrected chi connectivity index (χ4v) is 2.56. The van der Waals surface area contributed by atoms with E-state index >= 15 is 0 Å². The molecule has 0 bridgehead atoms. The normalized spacial score (nSPS) is 11.9. The predicted molar refractivity (Wildman–Crippen MR) is 79.9 cm³/mol. The Kier molecular flexibility index (Phi) is 7.70. The highest BCUT2D eigenvalue weighted by Gasteiger charge is 2.11. The van der Waals surface area contributed by atoms with Crippen LogP contribution in [-0.4, -0.2) is 48.4 Å². The molecule has 0 aliphatic carbocycles. The highest BCUT2D eigenvalue weighted by Crippen LogP contribution is 2.09. The van der Waals surface area contributed by atoms with Crippen LogP contribution in [0, 0.1) is 0 Å². The number of aromatic nitrogens is 1. The van der Waals surface area contributed by atoms with Gasteiger partial charge >= 0.3 is 12.0 Å². The van der Waals surface area contributed by atoms with Crippen LogP contribution in [-0.2, 0) is 11.2 Å². The molecule has 1 aromatic heterocycles. The number of ether oxygens (including phenoxy) is 1. The van der Waals surface area contributed by atoms with Crippen LogP contribution in [0.1, 0.15) is 35.3 Å². The molecular weight excluding hydrogens is 294 g/mol. The SMILES string of the molecule is CCCC(COC)NC(=O)NCCc1nc(C(=O)O)cs1. The molecule has 7 nitrogen and oxygen atoms in total. The van der Waals surface area contributed by atoms with Gasteiger partial charge in [0.25, 0.3) is 0 Å². The molecule has 21 heavy (non-hydrogen) atoms. The molecule has 1 aromatic rings. The fourth-order valence-electron chi connectivity index (χ4n) is 1.79. The highest BCUT2D eigenvalue weighted by molar-refractivity contribution is 7.09. The Morgan fingerprint density at radius 3 is 2.86 bits per heavy atom. The van der Waals surface area contributed by atoms with Crippen molar-refractivity contribution >= 4 is 23.3 Å². The van der Waals surface area contributed by atoms with Gasteiger partial charge in [0.1, 0.15) is 0 Å². The summed E-state index contributed by atoms with van der Waals surface area (Å²) in [4.78, 5) is 26.4. The van der Waals surface area contributed by atoms with Crippen LogP contribution in [0.3, 0.4) is 0 Å². The number of amides is 2. The first-order valence-electron chi connectivity index (χ1n) is 6.77. The number of aromatic carboxylic acids is 1. The smallest absolute Gasteiger partial charge is 0.355 e. The first-order valence-corrected chi connectivity index (χ1v) is 7.65. The van der Waals surface area contributed by atoms with Crippen molar-refractivity contribution in [3.05, 3.63) is 16.1 Å². The summed E-state index contributed by atoms with van der Waals surface area (Å²) in [5.41, 5.74) is 0.0440. The molecule has 0 aliphatic rings. The monoisotopic (exact) mass is 315 g/mol. The molecule has 0 spiro atoms. The van der Waals surface area contributed by atoms with E-state index in [1.807, 2.05) is 6.92 Å². The lowest BCUT2D eigenvalue weighted by molar-refractivity contribution is 0.0691. The number of carboxylic acids is 1. The number of nitrogens with zero attached hydrogens (tertiary/aromatic N) is 1. The van der Waals surface area contributed by atoms with Crippen LogP contribution in [0.4, 0.5) is 4.79 Å². The third-order valence-corrected chi connectivity index (χ3v) is 3.64. The second-order valence-corrected chi connectivity index (χ2v) is 5.47. The van der Waals surface area contributed by atoms with Gasteiger partial charge in [0.15, 0.2) is 5.69 Å². The van der Waals surface area contributed by atoms with Crippen LogP contribution in [0.15, 0.2) is 5.38 Å². The fraction of sp³-hybridized carbons (Fsp3) is 0.615. The third-order valence-electron chi connectivity index (χ3n) is 2.74. The molecule has 3 N–H and O–H groups in total. The third kappa shape index (κ3) is 6.54. The number of nitrogens with one attached hydrogen (secondary N) is 2. The van der Waals surface area contributed by atoms with Gasteiger partial charge in [-0.2, -0.15) is 0 Å². The number of hydrogen-bond acceptors (Lipinski definition) is 5. The van der Waals surface area contributed by atoms with Crippen molar-refractivity contribution in [1.29, 1.82) is 0 Å². The molecule has 2 amide bonds. The van der Waals surface area contributed by atoms with Gasteiger partial charge in [-0.3, -0.25) is 0 Å². The van der Waals surface area contributed by atoms with Crippen molar-refractivity contribution in [2.24, 2.45) is 0 Å². The van der Waals surface area contributed by atoms with Gasteiger partial charge in [-0.15, -0.1) is 11.3 Å². The zero-order chi connectivity index (χ0) is 15.7. The summed E-state index contributed by atoms with van der Waals surface area (Å²) in [5, 5.41) is 16.5. The topological polar surface area (TPSA) is 101 Å². The number of urea groups is 1. The standard InChI is InChI=1S/C13H21N3O4S/c1-3-4-9(7-20-2)15-13(19)14-6-5-11-16-10(8-21-11)12(17)18/h8-9H,3-7H2,1-2H3,(H,17,18)(H2,14,15,19). The van der Waals surface area contributed by atoms with E-state index in [-0.39, 0.29) is 17.8 Å². The number of carbonyl (C=O) groups is 2. The van der Waals surface area contributed by atoms with E-state index in [0.29, 0.717) is 24.6 Å². The summed E-state index contributed by atoms with van der Waals surface area (Å²) >= 11 is 1.28. The highest BCUT2D eigenvalue weighted by atomic mass is 32.1. The molecule has 0 saturated heterocycles. The molecule has 1 rings (SSSR count). The lowest BCUT2D eigenvalue weighted by Crippen LogP contribution is -2.44. The van der Waals surface area contributed by atoms with E-state index in [1.54, 1.807) is 7.11 Å². The summed E-state index contributed by atoms with van der Waals surface area (Å²) in [6.07, 6.45) is 2.33. The van der Waals surface area contributed by atoms with Gasteiger partial charge in [-0.25, -0.2) is 14.6 Å². The average Bonchev–Trinajstić information content (AvgIpc) is 2.88. The number of carboxylic acid groups (broad SMARTS) is 1. The minimum atomic E-state index is -1.04. The zero-order valence-electron chi connectivity index (χ0n) is 12.2. The molecule has 0 saturated carbocycles. The van der Waals surface area contributed by atoms with E-state index in [1.165, 1.54) is 16.7 Å². The molecule has 118 valence electrons. The Morgan fingerprint density at radius 2 is 2.29 bits per heavy atom. The largest absolute Gasteiger partial charge is 0.476 e. The molecule has 1 unspecified atom stereocenters. The zero-order valence-corrected chi connectivity index (χ0v) is 13.0. The van der Waals surface area contributed by atoms with Crippen LogP contribution in [0.25, 0.3) is 0 Å². The van der Waals surface area contributed by atoms with Crippen molar-refractivity contribution < 1.29 is 19.4 Å². The predicted octanol–water partition coefficient (Wildman–Crippen LogP) is 1.50. The average molecular weight is 315 g/mol. The van der Waals surface area contributed by atoms with Gasteiger partial charge in [-0.05, 0) is 6.42 Å². The molecule has 0 fully saturated rings.